The van der Waals surface area contributed by atoms with Crippen molar-refractivity contribution in [3.05, 3.63) is 63.1 Å². The smallest absolute Gasteiger partial charge is 0.276 e. The molecule has 2 heterocycles. The van der Waals surface area contributed by atoms with Crippen molar-refractivity contribution in [3.63, 3.8) is 0 Å². The minimum absolute atomic E-state index is 0.212. The molecule has 0 aliphatic carbocycles. The van der Waals surface area contributed by atoms with Crippen LogP contribution in [0, 0.1) is 10.5 Å². The van der Waals surface area contributed by atoms with Gasteiger partial charge in [-0.15, -0.1) is 0 Å². The van der Waals surface area contributed by atoms with E-state index in [0.717, 1.165) is 3.57 Å². The molecule has 1 amide bonds. The van der Waals surface area contributed by atoms with Crippen molar-refractivity contribution in [3.8, 4) is 0 Å². The second kappa shape index (κ2) is 6.53. The summed E-state index contributed by atoms with van der Waals surface area (Å²) in [6.45, 7) is 2.75. The first kappa shape index (κ1) is 15.7. The van der Waals surface area contributed by atoms with E-state index in [1.807, 2.05) is 23.0 Å². The molecule has 6 nitrogen and oxygen atoms in total. The molecule has 0 unspecified atom stereocenters. The number of hydrogen-bond acceptors (Lipinski definition) is 3. The molecule has 0 fully saturated rings. The Hall–Kier alpha value is -2.16. The van der Waals surface area contributed by atoms with Gasteiger partial charge in [0.1, 0.15) is 5.69 Å². The van der Waals surface area contributed by atoms with Crippen molar-refractivity contribution in [2.75, 3.05) is 5.32 Å². The van der Waals surface area contributed by atoms with Crippen LogP contribution in [0.4, 0.5) is 5.82 Å². The van der Waals surface area contributed by atoms with Gasteiger partial charge in [-0.1, -0.05) is 24.3 Å². The molecule has 1 aromatic carbocycles. The number of aromatic nitrogens is 4. The number of halogens is 1. The molecule has 23 heavy (non-hydrogen) atoms. The number of aryl methyl sites for hydroxylation is 2. The molecule has 0 saturated carbocycles. The summed E-state index contributed by atoms with van der Waals surface area (Å²) in [5.41, 5.74) is 2.95. The van der Waals surface area contributed by atoms with E-state index in [1.54, 1.807) is 24.0 Å². The summed E-state index contributed by atoms with van der Waals surface area (Å²) < 4.78 is 4.18. The molecule has 0 atom stereocenters. The fraction of sp³-hybridized carbons (Fsp3) is 0.188. The van der Waals surface area contributed by atoms with Crippen molar-refractivity contribution in [1.29, 1.82) is 0 Å². The molecular weight excluding hydrogens is 405 g/mol. The van der Waals surface area contributed by atoms with Crippen molar-refractivity contribution in [2.45, 2.75) is 13.5 Å². The van der Waals surface area contributed by atoms with Gasteiger partial charge in [0.15, 0.2) is 5.82 Å². The van der Waals surface area contributed by atoms with E-state index in [1.165, 1.54) is 11.1 Å². The van der Waals surface area contributed by atoms with Crippen LogP contribution in [-0.4, -0.2) is 25.5 Å². The quantitative estimate of drug-likeness (QED) is 0.660. The first-order chi connectivity index (χ1) is 11.0. The first-order valence-electron chi connectivity index (χ1n) is 7.11. The molecule has 0 saturated heterocycles. The lowest BCUT2D eigenvalue weighted by atomic mass is 10.1. The molecule has 3 aromatic rings. The minimum Gasteiger partial charge on any atom is -0.304 e. The Labute approximate surface area is 147 Å². The average molecular weight is 421 g/mol. The summed E-state index contributed by atoms with van der Waals surface area (Å²) >= 11 is 2.09. The fourth-order valence-corrected chi connectivity index (χ4v) is 3.04. The highest BCUT2D eigenvalue weighted by Crippen LogP contribution is 2.14. The summed E-state index contributed by atoms with van der Waals surface area (Å²) in [7, 11) is 1.74. The second-order valence-electron chi connectivity index (χ2n) is 5.24. The Bertz CT molecular complexity index is 832. The molecule has 0 aliphatic heterocycles. The third-order valence-electron chi connectivity index (χ3n) is 3.59. The molecule has 0 aliphatic rings. The number of amides is 1. The van der Waals surface area contributed by atoms with Gasteiger partial charge in [0.25, 0.3) is 5.91 Å². The van der Waals surface area contributed by atoms with Crippen LogP contribution in [-0.2, 0) is 13.6 Å². The highest BCUT2D eigenvalue weighted by molar-refractivity contribution is 14.1. The zero-order chi connectivity index (χ0) is 16.4. The maximum absolute atomic E-state index is 12.3. The monoisotopic (exact) mass is 421 g/mol. The van der Waals surface area contributed by atoms with Crippen LogP contribution in [0.2, 0.25) is 0 Å². The van der Waals surface area contributed by atoms with Gasteiger partial charge in [0.05, 0.1) is 16.3 Å². The predicted molar refractivity (Wildman–Crippen MR) is 96.4 cm³/mol. The van der Waals surface area contributed by atoms with Crippen LogP contribution in [0.5, 0.6) is 0 Å². The fourth-order valence-electron chi connectivity index (χ4n) is 2.32. The van der Waals surface area contributed by atoms with Crippen molar-refractivity contribution >= 4 is 34.3 Å². The normalized spacial score (nSPS) is 10.7. The highest BCUT2D eigenvalue weighted by Gasteiger charge is 2.16. The third kappa shape index (κ3) is 3.44. The Morgan fingerprint density at radius 1 is 1.30 bits per heavy atom. The predicted octanol–water partition coefficient (Wildman–Crippen LogP) is 2.83. The van der Waals surface area contributed by atoms with Gasteiger partial charge in [0.2, 0.25) is 0 Å². The summed E-state index contributed by atoms with van der Waals surface area (Å²) in [6.07, 6.45) is 3.52. The third-order valence-corrected chi connectivity index (χ3v) is 4.37. The molecule has 0 bridgehead atoms. The average Bonchev–Trinajstić information content (AvgIpc) is 3.08. The number of rotatable bonds is 4. The Morgan fingerprint density at radius 2 is 2.09 bits per heavy atom. The molecule has 118 valence electrons. The number of hydrogen-bond donors (Lipinski definition) is 1. The maximum Gasteiger partial charge on any atom is 0.276 e. The van der Waals surface area contributed by atoms with Crippen molar-refractivity contribution in [2.24, 2.45) is 7.05 Å². The molecule has 2 aromatic heterocycles. The van der Waals surface area contributed by atoms with Gasteiger partial charge in [0, 0.05) is 19.3 Å². The lowest BCUT2D eigenvalue weighted by Gasteiger charge is -2.06. The maximum atomic E-state index is 12.3. The van der Waals surface area contributed by atoms with Crippen LogP contribution in [0.3, 0.4) is 0 Å². The number of nitrogens with zero attached hydrogens (tertiary/aromatic N) is 4. The number of nitrogens with one attached hydrogen (secondary N) is 1. The lowest BCUT2D eigenvalue weighted by molar-refractivity contribution is 0.101. The molecular formula is C16H16IN5O. The summed E-state index contributed by atoms with van der Waals surface area (Å²) in [5.74, 6) is 0.316. The van der Waals surface area contributed by atoms with Gasteiger partial charge in [-0.25, -0.2) is 0 Å². The Balaban J connectivity index is 1.73. The van der Waals surface area contributed by atoms with Crippen LogP contribution in [0.1, 0.15) is 21.6 Å². The molecule has 3 rings (SSSR count). The van der Waals surface area contributed by atoms with Gasteiger partial charge in [-0.2, -0.15) is 10.2 Å². The van der Waals surface area contributed by atoms with E-state index in [4.69, 9.17) is 0 Å². The summed E-state index contributed by atoms with van der Waals surface area (Å²) in [6, 6.07) is 9.97. The first-order valence-corrected chi connectivity index (χ1v) is 8.19. The van der Waals surface area contributed by atoms with Gasteiger partial charge >= 0.3 is 0 Å². The van der Waals surface area contributed by atoms with Crippen molar-refractivity contribution < 1.29 is 4.79 Å². The van der Waals surface area contributed by atoms with E-state index < -0.39 is 0 Å². The SMILES string of the molecule is Cc1ccccc1Cn1ccc(NC(=O)c2c(I)cnn2C)n1. The van der Waals surface area contributed by atoms with Crippen LogP contribution < -0.4 is 5.32 Å². The number of carbonyl (C=O) groups is 1. The van der Waals surface area contributed by atoms with Gasteiger partial charge in [-0.3, -0.25) is 14.2 Å². The van der Waals surface area contributed by atoms with Gasteiger partial charge in [-0.05, 0) is 40.6 Å². The standard InChI is InChI=1S/C16H16IN5O/c1-11-5-3-4-6-12(11)10-22-8-7-14(20-22)19-16(23)15-13(17)9-18-21(15)2/h3-9H,10H2,1-2H3,(H,19,20,23). The van der Waals surface area contributed by atoms with E-state index in [9.17, 15) is 4.79 Å². The van der Waals surface area contributed by atoms with Crippen LogP contribution in [0.15, 0.2) is 42.7 Å². The largest absolute Gasteiger partial charge is 0.304 e. The zero-order valence-electron chi connectivity index (χ0n) is 12.8. The van der Waals surface area contributed by atoms with Crippen molar-refractivity contribution in [1.82, 2.24) is 19.6 Å². The summed E-state index contributed by atoms with van der Waals surface area (Å²) in [4.78, 5) is 12.3. The molecule has 1 N–H and O–H groups in total. The molecule has 0 radical (unpaired) electrons. The second-order valence-corrected chi connectivity index (χ2v) is 6.41. The minimum atomic E-state index is -0.212. The highest BCUT2D eigenvalue weighted by atomic mass is 127. The Morgan fingerprint density at radius 3 is 2.78 bits per heavy atom. The Kier molecular flexibility index (Phi) is 4.46. The van der Waals surface area contributed by atoms with E-state index in [-0.39, 0.29) is 5.91 Å². The van der Waals surface area contributed by atoms with Crippen LogP contribution in [0.25, 0.3) is 0 Å². The van der Waals surface area contributed by atoms with E-state index in [0.29, 0.717) is 18.1 Å². The summed E-state index contributed by atoms with van der Waals surface area (Å²) in [5, 5.41) is 11.3. The van der Waals surface area contributed by atoms with Crippen LogP contribution >= 0.6 is 22.6 Å². The topological polar surface area (TPSA) is 64.7 Å². The number of anilines is 1. The van der Waals surface area contributed by atoms with Gasteiger partial charge < -0.3 is 5.32 Å². The van der Waals surface area contributed by atoms with E-state index in [2.05, 4.69) is 57.2 Å². The number of carbonyl (C=O) groups excluding carboxylic acids is 1. The molecule has 7 heteroatoms. The number of benzene rings is 1. The van der Waals surface area contributed by atoms with E-state index >= 15 is 0 Å². The zero-order valence-corrected chi connectivity index (χ0v) is 15.0. The lowest BCUT2D eigenvalue weighted by Crippen LogP contribution is -2.18. The molecule has 0 spiro atoms.